The molecule has 1 atom stereocenters. The van der Waals surface area contributed by atoms with Gasteiger partial charge in [0.25, 0.3) is 0 Å². The number of ether oxygens (including phenoxy) is 1. The second-order valence-electron chi connectivity index (χ2n) is 2.92. The van der Waals surface area contributed by atoms with Crippen LogP contribution in [0.1, 0.15) is 11.6 Å². The third-order valence-corrected chi connectivity index (χ3v) is 3.05. The maximum Gasteiger partial charge on any atom is 0.407 e. The normalized spacial score (nSPS) is 19.9. The van der Waals surface area contributed by atoms with Gasteiger partial charge in [0.05, 0.1) is 16.1 Å². The van der Waals surface area contributed by atoms with Gasteiger partial charge >= 0.3 is 6.09 Å². The molecule has 0 aliphatic carbocycles. The summed E-state index contributed by atoms with van der Waals surface area (Å²) in [5.41, 5.74) is 0.532. The lowest BCUT2D eigenvalue weighted by molar-refractivity contribution is 0.177. The number of amides is 1. The molecule has 1 aromatic rings. The molecule has 0 spiro atoms. The molecule has 1 fully saturated rings. The van der Waals surface area contributed by atoms with Crippen LogP contribution in [0, 0.1) is 0 Å². The summed E-state index contributed by atoms with van der Waals surface area (Å²) in [6, 6.07) is -0.377. The molecule has 0 aromatic carbocycles. The maximum absolute atomic E-state index is 10.9. The second kappa shape index (κ2) is 4.04. The lowest BCUT2D eigenvalue weighted by Crippen LogP contribution is -2.19. The van der Waals surface area contributed by atoms with Gasteiger partial charge in [0.15, 0.2) is 0 Å². The van der Waals surface area contributed by atoms with Crippen molar-refractivity contribution in [2.75, 3.05) is 6.61 Å². The number of rotatable bonds is 1. The molecule has 15 heavy (non-hydrogen) atoms. The minimum atomic E-state index is -0.500. The molecule has 0 unspecified atom stereocenters. The van der Waals surface area contributed by atoms with Crippen LogP contribution in [0.2, 0.25) is 15.2 Å². The molecule has 1 aliphatic rings. The number of halogens is 3. The van der Waals surface area contributed by atoms with Crippen LogP contribution >= 0.6 is 34.8 Å². The standard InChI is InChI=1S/C8H5Cl3N2O2/c9-3-1-12-7(11)6(10)5(3)4-2-15-8(14)13-4/h1,4H,2H2,(H,13,14)/t4-/m0/s1. The molecule has 0 radical (unpaired) electrons. The molecule has 4 nitrogen and oxygen atoms in total. The van der Waals surface area contributed by atoms with Crippen LogP contribution in [0.3, 0.4) is 0 Å². The minimum Gasteiger partial charge on any atom is -0.447 e. The van der Waals surface area contributed by atoms with E-state index in [0.29, 0.717) is 10.6 Å². The summed E-state index contributed by atoms with van der Waals surface area (Å²) in [6.45, 7) is 0.179. The average Bonchev–Trinajstić information content (AvgIpc) is 2.59. The van der Waals surface area contributed by atoms with E-state index in [1.54, 1.807) is 0 Å². The fraction of sp³-hybridized carbons (Fsp3) is 0.250. The van der Waals surface area contributed by atoms with E-state index in [0.717, 1.165) is 0 Å². The zero-order chi connectivity index (χ0) is 11.0. The average molecular weight is 267 g/mol. The van der Waals surface area contributed by atoms with Crippen molar-refractivity contribution in [3.05, 3.63) is 27.0 Å². The molecule has 1 amide bonds. The summed E-state index contributed by atoms with van der Waals surface area (Å²) >= 11 is 17.6. The van der Waals surface area contributed by atoms with E-state index < -0.39 is 6.09 Å². The monoisotopic (exact) mass is 266 g/mol. The van der Waals surface area contributed by atoms with Crippen molar-refractivity contribution < 1.29 is 9.53 Å². The van der Waals surface area contributed by atoms with Gasteiger partial charge in [0.1, 0.15) is 11.8 Å². The molecule has 1 N–H and O–H groups in total. The Morgan fingerprint density at radius 2 is 2.20 bits per heavy atom. The first-order chi connectivity index (χ1) is 7.09. The van der Waals surface area contributed by atoms with Crippen molar-refractivity contribution in [3.63, 3.8) is 0 Å². The van der Waals surface area contributed by atoms with Gasteiger partial charge in [-0.05, 0) is 0 Å². The second-order valence-corrected chi connectivity index (χ2v) is 4.06. The van der Waals surface area contributed by atoms with Gasteiger partial charge in [-0.2, -0.15) is 0 Å². The first-order valence-corrected chi connectivity index (χ1v) is 5.15. The summed E-state index contributed by atoms with van der Waals surface area (Å²) in [5, 5.41) is 3.30. The van der Waals surface area contributed by atoms with Gasteiger partial charge in [-0.3, -0.25) is 0 Å². The molecule has 0 bridgehead atoms. The predicted molar refractivity (Wildman–Crippen MR) is 56.5 cm³/mol. The lowest BCUT2D eigenvalue weighted by Gasteiger charge is -2.12. The number of alkyl carbamates (subject to hydrolysis) is 1. The van der Waals surface area contributed by atoms with Crippen molar-refractivity contribution >= 4 is 40.9 Å². The number of hydrogen-bond acceptors (Lipinski definition) is 3. The highest BCUT2D eigenvalue weighted by Gasteiger charge is 2.28. The number of hydrogen-bond donors (Lipinski definition) is 1. The Labute approximate surface area is 100 Å². The number of carbonyl (C=O) groups excluding carboxylic acids is 1. The van der Waals surface area contributed by atoms with Gasteiger partial charge in [-0.1, -0.05) is 34.8 Å². The Bertz CT molecular complexity index is 425. The Hall–Kier alpha value is -0.710. The van der Waals surface area contributed by atoms with E-state index in [4.69, 9.17) is 39.5 Å². The van der Waals surface area contributed by atoms with E-state index in [2.05, 4.69) is 10.3 Å². The maximum atomic E-state index is 10.9. The first-order valence-electron chi connectivity index (χ1n) is 4.02. The van der Waals surface area contributed by atoms with Crippen molar-refractivity contribution in [3.8, 4) is 0 Å². The van der Waals surface area contributed by atoms with E-state index in [1.807, 2.05) is 0 Å². The van der Waals surface area contributed by atoms with Crippen LogP contribution in [0.4, 0.5) is 4.79 Å². The molecule has 1 aromatic heterocycles. The van der Waals surface area contributed by atoms with E-state index in [-0.39, 0.29) is 22.8 Å². The summed E-state index contributed by atoms with van der Waals surface area (Å²) in [5.74, 6) is 0. The molecule has 1 aliphatic heterocycles. The molecule has 0 saturated carbocycles. The molecular formula is C8H5Cl3N2O2. The van der Waals surface area contributed by atoms with Crippen LogP contribution in [0.15, 0.2) is 6.20 Å². The van der Waals surface area contributed by atoms with Gasteiger partial charge in [0, 0.05) is 11.8 Å². The van der Waals surface area contributed by atoms with Crippen LogP contribution in [0.5, 0.6) is 0 Å². The Morgan fingerprint density at radius 3 is 2.80 bits per heavy atom. The summed E-state index contributed by atoms with van der Waals surface area (Å²) in [7, 11) is 0. The number of nitrogens with zero attached hydrogens (tertiary/aromatic N) is 1. The van der Waals surface area contributed by atoms with Crippen molar-refractivity contribution in [2.45, 2.75) is 6.04 Å². The lowest BCUT2D eigenvalue weighted by atomic mass is 10.1. The number of carbonyl (C=O) groups is 1. The van der Waals surface area contributed by atoms with Crippen molar-refractivity contribution in [2.24, 2.45) is 0 Å². The molecule has 1 saturated heterocycles. The quantitative estimate of drug-likeness (QED) is 0.796. The number of aromatic nitrogens is 1. The summed E-state index contributed by atoms with van der Waals surface area (Å²) in [4.78, 5) is 14.6. The number of nitrogens with one attached hydrogen (secondary N) is 1. The summed E-state index contributed by atoms with van der Waals surface area (Å²) < 4.78 is 4.74. The third-order valence-electron chi connectivity index (χ3n) is 1.99. The third kappa shape index (κ3) is 1.97. The first kappa shape index (κ1) is 10.8. The van der Waals surface area contributed by atoms with E-state index in [9.17, 15) is 4.79 Å². The van der Waals surface area contributed by atoms with Crippen molar-refractivity contribution in [1.82, 2.24) is 10.3 Å². The zero-order valence-corrected chi connectivity index (χ0v) is 9.53. The van der Waals surface area contributed by atoms with E-state index >= 15 is 0 Å². The van der Waals surface area contributed by atoms with Gasteiger partial charge < -0.3 is 10.1 Å². The Morgan fingerprint density at radius 1 is 1.47 bits per heavy atom. The van der Waals surface area contributed by atoms with Crippen LogP contribution < -0.4 is 5.32 Å². The number of cyclic esters (lactones) is 1. The number of pyridine rings is 1. The largest absolute Gasteiger partial charge is 0.447 e. The van der Waals surface area contributed by atoms with Crippen molar-refractivity contribution in [1.29, 1.82) is 0 Å². The molecular weight excluding hydrogens is 262 g/mol. The fourth-order valence-electron chi connectivity index (χ4n) is 1.32. The van der Waals surface area contributed by atoms with Gasteiger partial charge in [0.2, 0.25) is 0 Å². The topological polar surface area (TPSA) is 51.2 Å². The highest BCUT2D eigenvalue weighted by atomic mass is 35.5. The minimum absolute atomic E-state index is 0.150. The Kier molecular flexibility index (Phi) is 2.91. The highest BCUT2D eigenvalue weighted by molar-refractivity contribution is 6.43. The van der Waals surface area contributed by atoms with E-state index in [1.165, 1.54) is 6.20 Å². The van der Waals surface area contributed by atoms with Crippen LogP contribution in [0.25, 0.3) is 0 Å². The zero-order valence-electron chi connectivity index (χ0n) is 7.26. The van der Waals surface area contributed by atoms with Crippen LogP contribution in [-0.4, -0.2) is 17.7 Å². The SMILES string of the molecule is O=C1N[C@H](c2c(Cl)cnc(Cl)c2Cl)CO1. The fourth-order valence-corrected chi connectivity index (χ4v) is 2.07. The van der Waals surface area contributed by atoms with Crippen LogP contribution in [-0.2, 0) is 4.74 Å². The van der Waals surface area contributed by atoms with Gasteiger partial charge in [-0.15, -0.1) is 0 Å². The highest BCUT2D eigenvalue weighted by Crippen LogP contribution is 2.35. The predicted octanol–water partition coefficient (Wildman–Crippen LogP) is 2.82. The molecule has 2 rings (SSSR count). The van der Waals surface area contributed by atoms with Gasteiger partial charge in [-0.25, -0.2) is 9.78 Å². The Balaban J connectivity index is 2.43. The molecule has 7 heteroatoms. The molecule has 80 valence electrons. The smallest absolute Gasteiger partial charge is 0.407 e. The summed E-state index contributed by atoms with van der Waals surface area (Å²) in [6.07, 6.45) is 0.885. The molecule has 2 heterocycles.